The normalized spacial score (nSPS) is 16.8. The molecule has 1 fully saturated rings. The first-order chi connectivity index (χ1) is 18.4. The molecule has 1 aliphatic rings. The molecule has 2 N–H and O–H groups in total. The number of anilines is 2. The Balaban J connectivity index is 1.31. The summed E-state index contributed by atoms with van der Waals surface area (Å²) in [4.78, 5) is 22.3. The van der Waals surface area contributed by atoms with Gasteiger partial charge in [0.25, 0.3) is 0 Å². The summed E-state index contributed by atoms with van der Waals surface area (Å²) >= 11 is 7.84. The van der Waals surface area contributed by atoms with E-state index in [1.165, 1.54) is 34.7 Å². The Morgan fingerprint density at radius 2 is 2.16 bits per heavy atom. The number of aromatic nitrogens is 2. The van der Waals surface area contributed by atoms with Crippen molar-refractivity contribution in [3.05, 3.63) is 76.1 Å². The Labute approximate surface area is 227 Å². The van der Waals surface area contributed by atoms with Crippen molar-refractivity contribution < 1.29 is 23.8 Å². The van der Waals surface area contributed by atoms with Gasteiger partial charge in [0.1, 0.15) is 24.5 Å². The maximum atomic E-state index is 13.4. The minimum atomic E-state index is -1.01. The van der Waals surface area contributed by atoms with Crippen LogP contribution in [0.25, 0.3) is 10.2 Å². The smallest absolute Gasteiger partial charge is 0.408 e. The molecule has 2 atom stereocenters. The van der Waals surface area contributed by atoms with Crippen LogP contribution in [0.5, 0.6) is 5.75 Å². The number of methoxy groups -OCH3 is 1. The third-order valence-electron chi connectivity index (χ3n) is 5.99. The lowest BCUT2D eigenvalue weighted by molar-refractivity contribution is 0.103. The van der Waals surface area contributed by atoms with Gasteiger partial charge in [-0.3, -0.25) is 4.90 Å². The number of ether oxygens (including phenoxy) is 2. The summed E-state index contributed by atoms with van der Waals surface area (Å²) < 4.78 is 25.3. The SMILES string of the molecule is CO[C@@H]1C[C@@H](C#Cc2cc3ncnc(Nc4ccc(OCc5cccc(F)c5)c(Cl)c4)c3s2)N(C(=O)O)C1. The number of hydrogen-bond donors (Lipinski definition) is 2. The van der Waals surface area contributed by atoms with Crippen molar-refractivity contribution >= 4 is 50.8 Å². The van der Waals surface area contributed by atoms with E-state index in [-0.39, 0.29) is 18.5 Å². The molecule has 8 nitrogen and oxygen atoms in total. The van der Waals surface area contributed by atoms with Gasteiger partial charge in [-0.2, -0.15) is 0 Å². The topological polar surface area (TPSA) is 96.8 Å². The second kappa shape index (κ2) is 11.2. The van der Waals surface area contributed by atoms with E-state index < -0.39 is 12.1 Å². The van der Waals surface area contributed by atoms with Gasteiger partial charge < -0.3 is 19.9 Å². The highest BCUT2D eigenvalue weighted by atomic mass is 35.5. The van der Waals surface area contributed by atoms with Gasteiger partial charge >= 0.3 is 6.09 Å². The fraction of sp³-hybridized carbons (Fsp3) is 0.222. The van der Waals surface area contributed by atoms with Crippen LogP contribution in [0.4, 0.5) is 20.7 Å². The molecule has 1 saturated heterocycles. The molecular formula is C27H22ClFN4O4S. The van der Waals surface area contributed by atoms with E-state index in [1.54, 1.807) is 31.4 Å². The fourth-order valence-corrected chi connectivity index (χ4v) is 5.25. The van der Waals surface area contributed by atoms with Gasteiger partial charge in [-0.1, -0.05) is 35.6 Å². The van der Waals surface area contributed by atoms with E-state index >= 15 is 0 Å². The van der Waals surface area contributed by atoms with E-state index in [2.05, 4.69) is 27.1 Å². The first-order valence-electron chi connectivity index (χ1n) is 11.6. The van der Waals surface area contributed by atoms with Crippen LogP contribution in [0.3, 0.4) is 0 Å². The molecule has 0 unspecified atom stereocenters. The predicted molar refractivity (Wildman–Crippen MR) is 144 cm³/mol. The van der Waals surface area contributed by atoms with E-state index in [0.717, 1.165) is 9.58 Å². The largest absolute Gasteiger partial charge is 0.487 e. The Hall–Kier alpha value is -3.91. The molecule has 194 valence electrons. The number of benzene rings is 2. The van der Waals surface area contributed by atoms with Crippen LogP contribution in [0.15, 0.2) is 54.9 Å². The Morgan fingerprint density at radius 1 is 1.29 bits per heavy atom. The molecule has 38 heavy (non-hydrogen) atoms. The first-order valence-corrected chi connectivity index (χ1v) is 12.8. The van der Waals surface area contributed by atoms with Crippen LogP contribution < -0.4 is 10.1 Å². The summed E-state index contributed by atoms with van der Waals surface area (Å²) in [6.45, 7) is 0.487. The molecule has 2 aromatic heterocycles. The van der Waals surface area contributed by atoms with Gasteiger partial charge in [0.2, 0.25) is 0 Å². The van der Waals surface area contributed by atoms with Crippen molar-refractivity contribution in [1.82, 2.24) is 14.9 Å². The highest BCUT2D eigenvalue weighted by molar-refractivity contribution is 7.20. The maximum absolute atomic E-state index is 13.4. The van der Waals surface area contributed by atoms with Crippen molar-refractivity contribution in [3.63, 3.8) is 0 Å². The van der Waals surface area contributed by atoms with Crippen LogP contribution in [0.2, 0.25) is 5.02 Å². The second-order valence-electron chi connectivity index (χ2n) is 8.55. The second-order valence-corrected chi connectivity index (χ2v) is 10.0. The van der Waals surface area contributed by atoms with Crippen molar-refractivity contribution in [3.8, 4) is 17.6 Å². The molecule has 5 rings (SSSR count). The number of likely N-dealkylation sites (tertiary alicyclic amines) is 1. The van der Waals surface area contributed by atoms with Crippen LogP contribution in [-0.4, -0.2) is 51.9 Å². The molecule has 4 aromatic rings. The fourth-order valence-electron chi connectivity index (χ4n) is 4.10. The summed E-state index contributed by atoms with van der Waals surface area (Å²) in [6.07, 6.45) is 0.802. The number of rotatable bonds is 6. The van der Waals surface area contributed by atoms with Crippen molar-refractivity contribution in [1.29, 1.82) is 0 Å². The number of halogens is 2. The van der Waals surface area contributed by atoms with E-state index in [1.807, 2.05) is 12.1 Å². The molecule has 1 aliphatic heterocycles. The number of nitrogens with zero attached hydrogens (tertiary/aromatic N) is 3. The van der Waals surface area contributed by atoms with Crippen molar-refractivity contribution in [2.24, 2.45) is 0 Å². The van der Waals surface area contributed by atoms with Gasteiger partial charge in [0, 0.05) is 19.2 Å². The van der Waals surface area contributed by atoms with Gasteiger partial charge in [0.05, 0.1) is 38.8 Å². The number of thiophene rings is 1. The average Bonchev–Trinajstić information content (AvgIpc) is 3.51. The van der Waals surface area contributed by atoms with Crippen LogP contribution in [-0.2, 0) is 11.3 Å². The Kier molecular flexibility index (Phi) is 7.60. The molecule has 0 spiro atoms. The molecule has 1 amide bonds. The predicted octanol–water partition coefficient (Wildman–Crippen LogP) is 5.93. The Bertz CT molecular complexity index is 1550. The van der Waals surface area contributed by atoms with Crippen LogP contribution in [0.1, 0.15) is 16.9 Å². The van der Waals surface area contributed by atoms with E-state index in [4.69, 9.17) is 21.1 Å². The zero-order valence-electron chi connectivity index (χ0n) is 20.1. The molecule has 3 heterocycles. The molecule has 0 bridgehead atoms. The molecular weight excluding hydrogens is 531 g/mol. The number of nitrogens with one attached hydrogen (secondary N) is 1. The summed E-state index contributed by atoms with van der Waals surface area (Å²) in [7, 11) is 1.57. The molecule has 11 heteroatoms. The number of hydrogen-bond acceptors (Lipinski definition) is 7. The van der Waals surface area contributed by atoms with Crippen LogP contribution >= 0.6 is 22.9 Å². The highest BCUT2D eigenvalue weighted by Gasteiger charge is 2.34. The quantitative estimate of drug-likeness (QED) is 0.286. The van der Waals surface area contributed by atoms with Gasteiger partial charge in [-0.15, -0.1) is 11.3 Å². The zero-order chi connectivity index (χ0) is 26.6. The number of amides is 1. The number of carboxylic acid groups (broad SMARTS) is 1. The minimum absolute atomic E-state index is 0.167. The molecule has 2 aromatic carbocycles. The molecule has 0 saturated carbocycles. The lowest BCUT2D eigenvalue weighted by Gasteiger charge is -2.15. The van der Waals surface area contributed by atoms with Crippen molar-refractivity contribution in [2.45, 2.75) is 25.2 Å². The van der Waals surface area contributed by atoms with E-state index in [0.29, 0.717) is 46.3 Å². The van der Waals surface area contributed by atoms with Gasteiger partial charge in [-0.05, 0) is 42.0 Å². The monoisotopic (exact) mass is 552 g/mol. The minimum Gasteiger partial charge on any atom is -0.487 e. The summed E-state index contributed by atoms with van der Waals surface area (Å²) in [5, 5.41) is 13.1. The lowest BCUT2D eigenvalue weighted by Crippen LogP contribution is -2.34. The number of carbonyl (C=O) groups is 1. The van der Waals surface area contributed by atoms with Gasteiger partial charge in [-0.25, -0.2) is 19.2 Å². The third kappa shape index (κ3) is 5.81. The summed E-state index contributed by atoms with van der Waals surface area (Å²) in [6, 6.07) is 12.9. The zero-order valence-corrected chi connectivity index (χ0v) is 21.7. The van der Waals surface area contributed by atoms with Crippen molar-refractivity contribution in [2.75, 3.05) is 19.0 Å². The Morgan fingerprint density at radius 3 is 2.92 bits per heavy atom. The number of fused-ring (bicyclic) bond motifs is 1. The average molecular weight is 553 g/mol. The van der Waals surface area contributed by atoms with Crippen LogP contribution in [0, 0.1) is 17.7 Å². The molecule has 0 radical (unpaired) electrons. The standard InChI is InChI=1S/C27H22ClFN4O4S/c1-36-20-11-19(33(13-20)27(34)35)6-7-21-12-23-25(38-21)26(31-15-30-23)32-18-5-8-24(22(28)10-18)37-14-16-3-2-4-17(29)9-16/h2-5,8-10,12,15,19-20H,11,13-14H2,1H3,(H,34,35)(H,30,31,32)/t19-,20-/m1/s1. The summed E-state index contributed by atoms with van der Waals surface area (Å²) in [5.74, 6) is 6.90. The van der Waals surface area contributed by atoms with Gasteiger partial charge in [0.15, 0.2) is 5.82 Å². The first kappa shape index (κ1) is 25.7. The highest BCUT2D eigenvalue weighted by Crippen LogP contribution is 2.33. The van der Waals surface area contributed by atoms with E-state index in [9.17, 15) is 14.3 Å². The maximum Gasteiger partial charge on any atom is 0.408 e. The third-order valence-corrected chi connectivity index (χ3v) is 7.33. The molecule has 0 aliphatic carbocycles. The summed E-state index contributed by atoms with van der Waals surface area (Å²) in [5.41, 5.74) is 2.11. The lowest BCUT2D eigenvalue weighted by atomic mass is 10.2.